The Bertz CT molecular complexity index is 752. The molecular weight excluding hydrogens is 354 g/mol. The monoisotopic (exact) mass is 381 g/mol. The van der Waals surface area contributed by atoms with Crippen molar-refractivity contribution >= 4 is 11.6 Å². The topological polar surface area (TPSA) is 63.7 Å². The molecule has 6 heteroatoms. The van der Waals surface area contributed by atoms with E-state index in [0.717, 1.165) is 63.4 Å². The standard InChI is InChI=1S/C22H27N3O3/c26-22(17-7-12-25(13-8-17)19-9-14-27-15-10-19)24-18-3-5-20(6-4-18)28-21-2-1-11-23-16-21/h1-6,11,16-17,19H,7-10,12-15H2,(H,24,26). The number of hydrogen-bond donors (Lipinski definition) is 1. The van der Waals surface area contributed by atoms with Crippen LogP contribution in [-0.4, -0.2) is 48.1 Å². The molecule has 1 amide bonds. The minimum Gasteiger partial charge on any atom is -0.456 e. The van der Waals surface area contributed by atoms with Gasteiger partial charge in [0.2, 0.25) is 5.91 Å². The number of likely N-dealkylation sites (tertiary alicyclic amines) is 1. The molecule has 4 rings (SSSR count). The van der Waals surface area contributed by atoms with Crippen LogP contribution in [0, 0.1) is 5.92 Å². The van der Waals surface area contributed by atoms with Gasteiger partial charge in [-0.1, -0.05) is 0 Å². The van der Waals surface area contributed by atoms with Crippen molar-refractivity contribution in [3.8, 4) is 11.5 Å². The Morgan fingerprint density at radius 3 is 2.46 bits per heavy atom. The van der Waals surface area contributed by atoms with Gasteiger partial charge >= 0.3 is 0 Å². The Morgan fingerprint density at radius 1 is 1.04 bits per heavy atom. The van der Waals surface area contributed by atoms with Gasteiger partial charge in [0.25, 0.3) is 0 Å². The number of piperidine rings is 1. The number of ether oxygens (including phenoxy) is 2. The van der Waals surface area contributed by atoms with Crippen molar-refractivity contribution in [2.75, 3.05) is 31.6 Å². The van der Waals surface area contributed by atoms with Crippen LogP contribution in [0.1, 0.15) is 25.7 Å². The van der Waals surface area contributed by atoms with Gasteiger partial charge < -0.3 is 19.7 Å². The first-order valence-corrected chi connectivity index (χ1v) is 10.1. The summed E-state index contributed by atoms with van der Waals surface area (Å²) in [5.41, 5.74) is 0.801. The molecular formula is C22H27N3O3. The van der Waals surface area contributed by atoms with Gasteiger partial charge in [-0.15, -0.1) is 0 Å². The lowest BCUT2D eigenvalue weighted by Crippen LogP contribution is -2.45. The van der Waals surface area contributed by atoms with Gasteiger partial charge in [-0.2, -0.15) is 0 Å². The molecule has 0 spiro atoms. The van der Waals surface area contributed by atoms with Crippen molar-refractivity contribution < 1.29 is 14.3 Å². The van der Waals surface area contributed by atoms with Crippen LogP contribution < -0.4 is 10.1 Å². The van der Waals surface area contributed by atoms with Crippen molar-refractivity contribution in [2.24, 2.45) is 5.92 Å². The van der Waals surface area contributed by atoms with Gasteiger partial charge in [-0.05, 0) is 75.2 Å². The first kappa shape index (κ1) is 18.9. The second-order valence-electron chi connectivity index (χ2n) is 7.46. The van der Waals surface area contributed by atoms with Crippen LogP contribution in [-0.2, 0) is 9.53 Å². The van der Waals surface area contributed by atoms with E-state index in [1.165, 1.54) is 0 Å². The number of hydrogen-bond acceptors (Lipinski definition) is 5. The van der Waals surface area contributed by atoms with E-state index in [1.54, 1.807) is 12.4 Å². The van der Waals surface area contributed by atoms with Gasteiger partial charge in [-0.3, -0.25) is 9.78 Å². The number of rotatable bonds is 5. The van der Waals surface area contributed by atoms with Crippen molar-refractivity contribution in [1.82, 2.24) is 9.88 Å². The van der Waals surface area contributed by atoms with E-state index in [2.05, 4.69) is 15.2 Å². The first-order valence-electron chi connectivity index (χ1n) is 10.1. The largest absolute Gasteiger partial charge is 0.456 e. The van der Waals surface area contributed by atoms with Gasteiger partial charge in [-0.25, -0.2) is 0 Å². The molecule has 2 aromatic rings. The molecule has 0 aliphatic carbocycles. The third kappa shape index (κ3) is 4.88. The zero-order valence-electron chi connectivity index (χ0n) is 16.0. The maximum Gasteiger partial charge on any atom is 0.227 e. The fraction of sp³-hybridized carbons (Fsp3) is 0.455. The molecule has 0 bridgehead atoms. The lowest BCUT2D eigenvalue weighted by molar-refractivity contribution is -0.121. The molecule has 1 aromatic heterocycles. The molecule has 6 nitrogen and oxygen atoms in total. The third-order valence-electron chi connectivity index (χ3n) is 5.60. The van der Waals surface area contributed by atoms with E-state index < -0.39 is 0 Å². The summed E-state index contributed by atoms with van der Waals surface area (Å²) in [6.45, 7) is 3.73. The quantitative estimate of drug-likeness (QED) is 0.856. The first-order chi connectivity index (χ1) is 13.8. The van der Waals surface area contributed by atoms with Crippen LogP contribution in [0.15, 0.2) is 48.8 Å². The lowest BCUT2D eigenvalue weighted by Gasteiger charge is -2.38. The molecule has 28 heavy (non-hydrogen) atoms. The van der Waals surface area contributed by atoms with E-state index in [1.807, 2.05) is 36.4 Å². The molecule has 2 saturated heterocycles. The maximum atomic E-state index is 12.6. The second-order valence-corrected chi connectivity index (χ2v) is 7.46. The molecule has 1 N–H and O–H groups in total. The van der Waals surface area contributed by atoms with Crippen LogP contribution in [0.2, 0.25) is 0 Å². The summed E-state index contributed by atoms with van der Waals surface area (Å²) in [6, 6.07) is 11.8. The summed E-state index contributed by atoms with van der Waals surface area (Å²) in [7, 11) is 0. The number of benzene rings is 1. The van der Waals surface area contributed by atoms with Crippen molar-refractivity contribution in [3.63, 3.8) is 0 Å². The van der Waals surface area contributed by atoms with E-state index in [9.17, 15) is 4.79 Å². The van der Waals surface area contributed by atoms with Gasteiger partial charge in [0, 0.05) is 37.1 Å². The fourth-order valence-corrected chi connectivity index (χ4v) is 3.97. The predicted molar refractivity (Wildman–Crippen MR) is 108 cm³/mol. The van der Waals surface area contributed by atoms with Gasteiger partial charge in [0.1, 0.15) is 11.5 Å². The SMILES string of the molecule is O=C(Nc1ccc(Oc2cccnc2)cc1)C1CCN(C2CCOCC2)CC1. The summed E-state index contributed by atoms with van der Waals surface area (Å²) < 4.78 is 11.2. The lowest BCUT2D eigenvalue weighted by atomic mass is 9.93. The zero-order valence-corrected chi connectivity index (χ0v) is 16.0. The van der Waals surface area contributed by atoms with Gasteiger partial charge in [0.05, 0.1) is 6.20 Å². The van der Waals surface area contributed by atoms with Gasteiger partial charge in [0.15, 0.2) is 0 Å². The van der Waals surface area contributed by atoms with E-state index in [0.29, 0.717) is 11.8 Å². The number of amides is 1. The molecule has 1 aromatic carbocycles. The maximum absolute atomic E-state index is 12.6. The summed E-state index contributed by atoms with van der Waals surface area (Å²) in [4.78, 5) is 19.2. The van der Waals surface area contributed by atoms with Crippen molar-refractivity contribution in [3.05, 3.63) is 48.8 Å². The fourth-order valence-electron chi connectivity index (χ4n) is 3.97. The highest BCUT2D eigenvalue weighted by molar-refractivity contribution is 5.92. The molecule has 148 valence electrons. The minimum absolute atomic E-state index is 0.0856. The zero-order chi connectivity index (χ0) is 19.2. The van der Waals surface area contributed by atoms with Crippen LogP contribution >= 0.6 is 0 Å². The summed E-state index contributed by atoms with van der Waals surface area (Å²) >= 11 is 0. The summed E-state index contributed by atoms with van der Waals surface area (Å²) in [6.07, 6.45) is 7.45. The number of aromatic nitrogens is 1. The average Bonchev–Trinajstić information content (AvgIpc) is 2.76. The Morgan fingerprint density at radius 2 is 1.79 bits per heavy atom. The summed E-state index contributed by atoms with van der Waals surface area (Å²) in [5.74, 6) is 1.61. The molecule has 3 heterocycles. The number of carbonyl (C=O) groups excluding carboxylic acids is 1. The Labute approximate surface area is 165 Å². The molecule has 2 aliphatic rings. The van der Waals surface area contributed by atoms with Crippen LogP contribution in [0.3, 0.4) is 0 Å². The van der Waals surface area contributed by atoms with E-state index >= 15 is 0 Å². The van der Waals surface area contributed by atoms with Crippen LogP contribution in [0.4, 0.5) is 5.69 Å². The molecule has 0 saturated carbocycles. The molecule has 2 aliphatic heterocycles. The van der Waals surface area contributed by atoms with Crippen LogP contribution in [0.25, 0.3) is 0 Å². The smallest absolute Gasteiger partial charge is 0.227 e. The highest BCUT2D eigenvalue weighted by atomic mass is 16.5. The average molecular weight is 381 g/mol. The van der Waals surface area contributed by atoms with Crippen LogP contribution in [0.5, 0.6) is 11.5 Å². The number of carbonyl (C=O) groups is 1. The van der Waals surface area contributed by atoms with Crippen molar-refractivity contribution in [1.29, 1.82) is 0 Å². The molecule has 0 unspecified atom stereocenters. The predicted octanol–water partition coefficient (Wildman–Crippen LogP) is 3.70. The molecule has 2 fully saturated rings. The van der Waals surface area contributed by atoms with Crippen molar-refractivity contribution in [2.45, 2.75) is 31.7 Å². The Kier molecular flexibility index (Phi) is 6.19. The van der Waals surface area contributed by atoms with E-state index in [-0.39, 0.29) is 11.8 Å². The molecule has 0 atom stereocenters. The number of nitrogens with one attached hydrogen (secondary N) is 1. The minimum atomic E-state index is 0.0856. The van der Waals surface area contributed by atoms with E-state index in [4.69, 9.17) is 9.47 Å². The highest BCUT2D eigenvalue weighted by Gasteiger charge is 2.29. The summed E-state index contributed by atoms with van der Waals surface area (Å²) in [5, 5.41) is 3.05. The normalized spacial score (nSPS) is 19.3. The number of nitrogens with zero attached hydrogens (tertiary/aromatic N) is 2. The number of anilines is 1. The highest BCUT2D eigenvalue weighted by Crippen LogP contribution is 2.26. The Balaban J connectivity index is 1.26. The third-order valence-corrected chi connectivity index (χ3v) is 5.60. The Hall–Kier alpha value is -2.44. The second kappa shape index (κ2) is 9.17. The molecule has 0 radical (unpaired) electrons. The number of pyridine rings is 1.